The number of likely N-dealkylation sites (tertiary alicyclic amines) is 1. The van der Waals surface area contributed by atoms with Crippen LogP contribution in [0.2, 0.25) is 5.02 Å². The Morgan fingerprint density at radius 1 is 1.42 bits per heavy atom. The number of nitrogens with zero attached hydrogens (tertiary/aromatic N) is 3. The van der Waals surface area contributed by atoms with Crippen LogP contribution in [-0.2, 0) is 11.3 Å². The molecule has 0 saturated carbocycles. The second kappa shape index (κ2) is 6.65. The van der Waals surface area contributed by atoms with E-state index in [-0.39, 0.29) is 5.91 Å². The lowest BCUT2D eigenvalue weighted by molar-refractivity contribution is -0.121. The molecular formula is C17H19ClN4O2. The Morgan fingerprint density at radius 2 is 2.21 bits per heavy atom. The third-order valence-corrected chi connectivity index (χ3v) is 4.49. The minimum Gasteiger partial charge on any atom is -0.368 e. The van der Waals surface area contributed by atoms with Crippen LogP contribution < -0.4 is 5.73 Å². The molecule has 2 N–H and O–H groups in total. The molecule has 1 saturated heterocycles. The highest BCUT2D eigenvalue weighted by Gasteiger charge is 2.34. The van der Waals surface area contributed by atoms with Crippen molar-refractivity contribution in [3.05, 3.63) is 52.3 Å². The summed E-state index contributed by atoms with van der Waals surface area (Å²) in [6.07, 6.45) is 3.13. The fourth-order valence-corrected chi connectivity index (χ4v) is 3.30. The molecule has 2 aromatic rings. The van der Waals surface area contributed by atoms with Crippen LogP contribution in [0.3, 0.4) is 0 Å². The van der Waals surface area contributed by atoms with Gasteiger partial charge < -0.3 is 10.6 Å². The van der Waals surface area contributed by atoms with Crippen molar-refractivity contribution in [2.45, 2.75) is 32.4 Å². The molecule has 3 rings (SSSR count). The van der Waals surface area contributed by atoms with Gasteiger partial charge in [0.15, 0.2) is 0 Å². The molecule has 1 aromatic heterocycles. The van der Waals surface area contributed by atoms with E-state index in [1.54, 1.807) is 22.7 Å². The number of nitrogens with two attached hydrogens (primary N) is 1. The van der Waals surface area contributed by atoms with Crippen LogP contribution in [0.5, 0.6) is 0 Å². The second-order valence-corrected chi connectivity index (χ2v) is 6.45. The molecule has 0 bridgehead atoms. The Labute approximate surface area is 145 Å². The van der Waals surface area contributed by atoms with E-state index >= 15 is 0 Å². The zero-order chi connectivity index (χ0) is 17.3. The van der Waals surface area contributed by atoms with Crippen molar-refractivity contribution in [1.82, 2.24) is 14.7 Å². The van der Waals surface area contributed by atoms with Crippen molar-refractivity contribution >= 4 is 23.4 Å². The molecule has 24 heavy (non-hydrogen) atoms. The molecule has 7 heteroatoms. The monoisotopic (exact) mass is 346 g/mol. The molecule has 6 nitrogen and oxygen atoms in total. The van der Waals surface area contributed by atoms with Gasteiger partial charge in [0.1, 0.15) is 6.04 Å². The Morgan fingerprint density at radius 3 is 2.92 bits per heavy atom. The van der Waals surface area contributed by atoms with Gasteiger partial charge >= 0.3 is 0 Å². The summed E-state index contributed by atoms with van der Waals surface area (Å²) < 4.78 is 1.71. The van der Waals surface area contributed by atoms with Gasteiger partial charge in [-0.3, -0.25) is 14.3 Å². The van der Waals surface area contributed by atoms with Gasteiger partial charge in [0.25, 0.3) is 5.91 Å². The average molecular weight is 347 g/mol. The molecule has 1 aliphatic rings. The van der Waals surface area contributed by atoms with Gasteiger partial charge in [0.05, 0.1) is 17.8 Å². The third kappa shape index (κ3) is 3.28. The zero-order valence-corrected chi connectivity index (χ0v) is 14.2. The fourth-order valence-electron chi connectivity index (χ4n) is 3.09. The van der Waals surface area contributed by atoms with Gasteiger partial charge in [-0.25, -0.2) is 0 Å². The highest BCUT2D eigenvalue weighted by Crippen LogP contribution is 2.21. The molecule has 126 valence electrons. The standard InChI is InChI=1S/C17H19ClN4O2/c1-11-14(17(24)22-7-3-6-15(22)16(19)23)10-21(20-11)9-12-4-2-5-13(18)8-12/h2,4-5,8,10,15H,3,6-7,9H2,1H3,(H2,19,23)/t15-/m0/s1. The molecule has 2 amide bonds. The van der Waals surface area contributed by atoms with Crippen molar-refractivity contribution in [3.8, 4) is 0 Å². The molecule has 0 spiro atoms. The predicted molar refractivity (Wildman–Crippen MR) is 90.8 cm³/mol. The number of hydrogen-bond acceptors (Lipinski definition) is 3. The summed E-state index contributed by atoms with van der Waals surface area (Å²) in [5.41, 5.74) is 7.54. The normalized spacial score (nSPS) is 17.2. The fraction of sp³-hybridized carbons (Fsp3) is 0.353. The first-order valence-electron chi connectivity index (χ1n) is 7.84. The minimum atomic E-state index is -0.520. The maximum Gasteiger partial charge on any atom is 0.258 e. The van der Waals surface area contributed by atoms with Crippen molar-refractivity contribution in [3.63, 3.8) is 0 Å². The van der Waals surface area contributed by atoms with E-state index in [0.29, 0.717) is 35.8 Å². The van der Waals surface area contributed by atoms with Crippen LogP contribution >= 0.6 is 11.6 Å². The number of primary amides is 1. The molecule has 2 heterocycles. The van der Waals surface area contributed by atoms with E-state index in [4.69, 9.17) is 17.3 Å². The van der Waals surface area contributed by atoms with Crippen molar-refractivity contribution in [1.29, 1.82) is 0 Å². The summed E-state index contributed by atoms with van der Waals surface area (Å²) in [4.78, 5) is 25.8. The molecule has 1 aromatic carbocycles. The van der Waals surface area contributed by atoms with Crippen LogP contribution in [0.4, 0.5) is 0 Å². The first kappa shape index (κ1) is 16.5. The molecule has 1 atom stereocenters. The minimum absolute atomic E-state index is 0.189. The summed E-state index contributed by atoms with van der Waals surface area (Å²) in [7, 11) is 0. The van der Waals surface area contributed by atoms with E-state index in [9.17, 15) is 9.59 Å². The smallest absolute Gasteiger partial charge is 0.258 e. The number of hydrogen-bond donors (Lipinski definition) is 1. The van der Waals surface area contributed by atoms with Crippen molar-refractivity contribution in [2.24, 2.45) is 5.73 Å². The molecular weight excluding hydrogens is 328 g/mol. The number of benzene rings is 1. The molecule has 0 aliphatic carbocycles. The number of halogens is 1. The lowest BCUT2D eigenvalue weighted by Gasteiger charge is -2.21. The molecule has 1 aliphatic heterocycles. The van der Waals surface area contributed by atoms with Crippen LogP contribution in [0.25, 0.3) is 0 Å². The van der Waals surface area contributed by atoms with Gasteiger partial charge in [-0.15, -0.1) is 0 Å². The Hall–Kier alpha value is -2.34. The summed E-state index contributed by atoms with van der Waals surface area (Å²) in [5.74, 6) is -0.643. The van der Waals surface area contributed by atoms with Crippen molar-refractivity contribution < 1.29 is 9.59 Å². The lowest BCUT2D eigenvalue weighted by atomic mass is 10.2. The van der Waals surface area contributed by atoms with Gasteiger partial charge in [-0.1, -0.05) is 23.7 Å². The summed E-state index contributed by atoms with van der Waals surface area (Å²) in [6.45, 7) is 2.86. The quantitative estimate of drug-likeness (QED) is 0.919. The summed E-state index contributed by atoms with van der Waals surface area (Å²) in [6, 6.07) is 6.98. The predicted octanol–water partition coefficient (Wildman–Crippen LogP) is 1.98. The number of aromatic nitrogens is 2. The molecule has 0 radical (unpaired) electrons. The van der Waals surface area contributed by atoms with Crippen LogP contribution in [0, 0.1) is 6.92 Å². The Bertz CT molecular complexity index is 787. The van der Waals surface area contributed by atoms with Gasteiger partial charge in [-0.2, -0.15) is 5.10 Å². The van der Waals surface area contributed by atoms with Gasteiger partial charge in [0.2, 0.25) is 5.91 Å². The van der Waals surface area contributed by atoms with Crippen LogP contribution in [-0.4, -0.2) is 39.1 Å². The average Bonchev–Trinajstić information content (AvgIpc) is 3.13. The first-order valence-corrected chi connectivity index (χ1v) is 8.22. The zero-order valence-electron chi connectivity index (χ0n) is 13.4. The largest absolute Gasteiger partial charge is 0.368 e. The van der Waals surface area contributed by atoms with E-state index in [0.717, 1.165) is 12.0 Å². The highest BCUT2D eigenvalue weighted by molar-refractivity contribution is 6.30. The van der Waals surface area contributed by atoms with Crippen LogP contribution in [0.1, 0.15) is 34.5 Å². The summed E-state index contributed by atoms with van der Waals surface area (Å²) >= 11 is 6.00. The number of rotatable bonds is 4. The second-order valence-electron chi connectivity index (χ2n) is 6.01. The van der Waals surface area contributed by atoms with E-state index in [1.165, 1.54) is 0 Å². The van der Waals surface area contributed by atoms with E-state index < -0.39 is 11.9 Å². The highest BCUT2D eigenvalue weighted by atomic mass is 35.5. The van der Waals surface area contributed by atoms with Crippen LogP contribution in [0.15, 0.2) is 30.5 Å². The Balaban J connectivity index is 1.81. The SMILES string of the molecule is Cc1nn(Cc2cccc(Cl)c2)cc1C(=O)N1CCC[C@H]1C(N)=O. The molecule has 0 unspecified atom stereocenters. The maximum atomic E-state index is 12.7. The van der Waals surface area contributed by atoms with Gasteiger partial charge in [0, 0.05) is 17.8 Å². The lowest BCUT2D eigenvalue weighted by Crippen LogP contribution is -2.43. The Kier molecular flexibility index (Phi) is 4.57. The number of carbonyl (C=O) groups is 2. The number of aryl methyl sites for hydroxylation is 1. The molecule has 1 fully saturated rings. The maximum absolute atomic E-state index is 12.7. The number of carbonyl (C=O) groups excluding carboxylic acids is 2. The van der Waals surface area contributed by atoms with E-state index in [2.05, 4.69) is 5.10 Å². The topological polar surface area (TPSA) is 81.2 Å². The summed E-state index contributed by atoms with van der Waals surface area (Å²) in [5, 5.41) is 5.07. The third-order valence-electron chi connectivity index (χ3n) is 4.25. The van der Waals surface area contributed by atoms with E-state index in [1.807, 2.05) is 24.3 Å². The first-order chi connectivity index (χ1) is 11.5. The number of amides is 2. The van der Waals surface area contributed by atoms with Gasteiger partial charge in [-0.05, 0) is 37.5 Å². The van der Waals surface area contributed by atoms with Crippen molar-refractivity contribution in [2.75, 3.05) is 6.54 Å².